The molecule has 104 valence electrons. The standard InChI is InChI=1S/C11H14N2O6/c14-4-8(16)11(18)9(5-15)19-10(17)2-1-7-3-12-6-13-7/h1-3,5-6,8-9,11,14,16,18H,4H2,(H,12,13)/t8-,9+,11+/m1/s1. The number of aromatic amines is 1. The first-order valence-corrected chi connectivity index (χ1v) is 5.38. The fourth-order valence-corrected chi connectivity index (χ4v) is 1.19. The largest absolute Gasteiger partial charge is 0.449 e. The lowest BCUT2D eigenvalue weighted by atomic mass is 10.1. The van der Waals surface area contributed by atoms with Gasteiger partial charge in [0, 0.05) is 12.3 Å². The number of carbonyl (C=O) groups excluding carboxylic acids is 2. The van der Waals surface area contributed by atoms with E-state index in [1.807, 2.05) is 0 Å². The van der Waals surface area contributed by atoms with Gasteiger partial charge in [0.2, 0.25) is 0 Å². The van der Waals surface area contributed by atoms with Crippen LogP contribution in [0.25, 0.3) is 6.08 Å². The van der Waals surface area contributed by atoms with Gasteiger partial charge in [-0.25, -0.2) is 9.78 Å². The molecule has 0 saturated heterocycles. The SMILES string of the molecule is O=C[C@H](OC(=O)C=Cc1c[nH]cn1)[C@@H](O)[C@H](O)CO. The van der Waals surface area contributed by atoms with Crippen LogP contribution < -0.4 is 0 Å². The minimum absolute atomic E-state index is 0.170. The number of nitrogens with one attached hydrogen (secondary N) is 1. The molecule has 19 heavy (non-hydrogen) atoms. The van der Waals surface area contributed by atoms with Crippen molar-refractivity contribution in [1.82, 2.24) is 9.97 Å². The van der Waals surface area contributed by atoms with Gasteiger partial charge in [0.1, 0.15) is 12.2 Å². The van der Waals surface area contributed by atoms with Gasteiger partial charge in [-0.05, 0) is 6.08 Å². The number of esters is 1. The number of imidazole rings is 1. The molecule has 3 atom stereocenters. The van der Waals surface area contributed by atoms with E-state index in [1.165, 1.54) is 18.6 Å². The number of aliphatic hydroxyl groups is 3. The molecule has 0 aliphatic rings. The molecule has 0 saturated carbocycles. The van der Waals surface area contributed by atoms with E-state index in [9.17, 15) is 14.7 Å². The van der Waals surface area contributed by atoms with Crippen molar-refractivity contribution in [2.45, 2.75) is 18.3 Å². The Hall–Kier alpha value is -2.03. The van der Waals surface area contributed by atoms with Crippen LogP contribution in [0.3, 0.4) is 0 Å². The number of H-pyrrole nitrogens is 1. The number of hydrogen-bond donors (Lipinski definition) is 4. The molecule has 4 N–H and O–H groups in total. The van der Waals surface area contributed by atoms with Crippen LogP contribution in [0.2, 0.25) is 0 Å². The Labute approximate surface area is 108 Å². The highest BCUT2D eigenvalue weighted by Gasteiger charge is 2.28. The lowest BCUT2D eigenvalue weighted by Gasteiger charge is -2.20. The van der Waals surface area contributed by atoms with Crippen molar-refractivity contribution >= 4 is 18.3 Å². The molecule has 1 heterocycles. The molecule has 0 unspecified atom stereocenters. The minimum Gasteiger partial charge on any atom is -0.449 e. The van der Waals surface area contributed by atoms with Gasteiger partial charge < -0.3 is 25.0 Å². The van der Waals surface area contributed by atoms with Gasteiger partial charge in [-0.1, -0.05) is 0 Å². The van der Waals surface area contributed by atoms with Crippen molar-refractivity contribution in [3.63, 3.8) is 0 Å². The van der Waals surface area contributed by atoms with Crippen LogP contribution in [-0.2, 0) is 14.3 Å². The maximum absolute atomic E-state index is 11.4. The monoisotopic (exact) mass is 270 g/mol. The predicted octanol–water partition coefficient (Wildman–Crippen LogP) is -1.75. The molecule has 0 aliphatic heterocycles. The van der Waals surface area contributed by atoms with Crippen LogP contribution in [0.15, 0.2) is 18.6 Å². The number of aldehydes is 1. The Balaban J connectivity index is 2.56. The van der Waals surface area contributed by atoms with Gasteiger partial charge in [-0.3, -0.25) is 4.79 Å². The van der Waals surface area contributed by atoms with Crippen LogP contribution in [0.1, 0.15) is 5.69 Å². The molecule has 1 rings (SSSR count). The number of hydrogen-bond acceptors (Lipinski definition) is 7. The summed E-state index contributed by atoms with van der Waals surface area (Å²) in [5.41, 5.74) is 0.482. The molecule has 0 aliphatic carbocycles. The highest BCUT2D eigenvalue weighted by molar-refractivity contribution is 5.87. The fourth-order valence-electron chi connectivity index (χ4n) is 1.19. The van der Waals surface area contributed by atoms with Crippen LogP contribution in [0.4, 0.5) is 0 Å². The molecule has 8 nitrogen and oxygen atoms in total. The first kappa shape index (κ1) is 15.0. The molecule has 0 spiro atoms. The summed E-state index contributed by atoms with van der Waals surface area (Å²) in [5.74, 6) is -0.885. The van der Waals surface area contributed by atoms with Crippen LogP contribution in [-0.4, -0.2) is 62.5 Å². The Bertz CT molecular complexity index is 430. The fraction of sp³-hybridized carbons (Fsp3) is 0.364. The summed E-state index contributed by atoms with van der Waals surface area (Å²) in [6, 6.07) is 0. The van der Waals surface area contributed by atoms with Crippen molar-refractivity contribution in [2.24, 2.45) is 0 Å². The zero-order valence-corrected chi connectivity index (χ0v) is 9.84. The van der Waals surface area contributed by atoms with Crippen LogP contribution >= 0.6 is 0 Å². The summed E-state index contributed by atoms with van der Waals surface area (Å²) in [6.07, 6.45) is 0.665. The molecule has 0 aromatic carbocycles. The Morgan fingerprint density at radius 1 is 1.53 bits per heavy atom. The van der Waals surface area contributed by atoms with E-state index >= 15 is 0 Å². The van der Waals surface area contributed by atoms with Crippen molar-refractivity contribution < 1.29 is 29.6 Å². The summed E-state index contributed by atoms with van der Waals surface area (Å²) >= 11 is 0. The van der Waals surface area contributed by atoms with E-state index in [0.717, 1.165) is 6.08 Å². The molecule has 8 heteroatoms. The summed E-state index contributed by atoms with van der Waals surface area (Å²) < 4.78 is 4.63. The summed E-state index contributed by atoms with van der Waals surface area (Å²) in [6.45, 7) is -0.758. The quantitative estimate of drug-likeness (QED) is 0.262. The maximum atomic E-state index is 11.4. The molecule has 0 bridgehead atoms. The van der Waals surface area contributed by atoms with Crippen LogP contribution in [0, 0.1) is 0 Å². The molecular weight excluding hydrogens is 256 g/mol. The zero-order valence-electron chi connectivity index (χ0n) is 9.84. The average molecular weight is 270 g/mol. The van der Waals surface area contributed by atoms with Crippen molar-refractivity contribution in [3.8, 4) is 0 Å². The first-order chi connectivity index (χ1) is 9.08. The predicted molar refractivity (Wildman–Crippen MR) is 62.7 cm³/mol. The van der Waals surface area contributed by atoms with Crippen molar-refractivity contribution in [1.29, 1.82) is 0 Å². The van der Waals surface area contributed by atoms with Gasteiger partial charge in [0.15, 0.2) is 12.4 Å². The lowest BCUT2D eigenvalue weighted by Crippen LogP contribution is -2.42. The summed E-state index contributed by atoms with van der Waals surface area (Å²) in [4.78, 5) is 28.5. The van der Waals surface area contributed by atoms with Gasteiger partial charge in [-0.2, -0.15) is 0 Å². The zero-order chi connectivity index (χ0) is 14.3. The van der Waals surface area contributed by atoms with Gasteiger partial charge in [0.25, 0.3) is 0 Å². The molecule has 1 aromatic rings. The van der Waals surface area contributed by atoms with Crippen molar-refractivity contribution in [3.05, 3.63) is 24.3 Å². The molecule has 0 radical (unpaired) electrons. The number of rotatable bonds is 7. The topological polar surface area (TPSA) is 133 Å². The number of carbonyl (C=O) groups is 2. The molecular formula is C11H14N2O6. The Morgan fingerprint density at radius 3 is 2.79 bits per heavy atom. The third kappa shape index (κ3) is 4.62. The smallest absolute Gasteiger partial charge is 0.331 e. The van der Waals surface area contributed by atoms with E-state index in [-0.39, 0.29) is 6.29 Å². The highest BCUT2D eigenvalue weighted by Crippen LogP contribution is 2.04. The number of aromatic nitrogens is 2. The third-order valence-electron chi connectivity index (χ3n) is 2.21. The molecule has 0 amide bonds. The summed E-state index contributed by atoms with van der Waals surface area (Å²) in [7, 11) is 0. The van der Waals surface area contributed by atoms with Crippen LogP contribution in [0.5, 0.6) is 0 Å². The highest BCUT2D eigenvalue weighted by atomic mass is 16.6. The third-order valence-corrected chi connectivity index (χ3v) is 2.21. The van der Waals surface area contributed by atoms with E-state index in [2.05, 4.69) is 14.7 Å². The average Bonchev–Trinajstić information content (AvgIpc) is 2.94. The van der Waals surface area contributed by atoms with Gasteiger partial charge >= 0.3 is 5.97 Å². The van der Waals surface area contributed by atoms with Crippen molar-refractivity contribution in [2.75, 3.05) is 6.61 Å². The van der Waals surface area contributed by atoms with Gasteiger partial charge in [0.05, 0.1) is 18.6 Å². The lowest BCUT2D eigenvalue weighted by molar-refractivity contribution is -0.158. The van der Waals surface area contributed by atoms with E-state index in [1.54, 1.807) is 0 Å². The van der Waals surface area contributed by atoms with Gasteiger partial charge in [-0.15, -0.1) is 0 Å². The molecule has 1 aromatic heterocycles. The van der Waals surface area contributed by atoms with E-state index in [0.29, 0.717) is 5.69 Å². The van der Waals surface area contributed by atoms with E-state index in [4.69, 9.17) is 10.2 Å². The normalized spacial score (nSPS) is 15.9. The minimum atomic E-state index is -1.69. The number of nitrogens with zero attached hydrogens (tertiary/aromatic N) is 1. The second-order valence-corrected chi connectivity index (χ2v) is 3.61. The second kappa shape index (κ2) is 7.41. The first-order valence-electron chi connectivity index (χ1n) is 5.38. The summed E-state index contributed by atoms with van der Waals surface area (Å²) in [5, 5.41) is 27.2. The Morgan fingerprint density at radius 2 is 2.26 bits per heavy atom. The Kier molecular flexibility index (Phi) is 5.86. The number of ether oxygens (including phenoxy) is 1. The number of aliphatic hydroxyl groups excluding tert-OH is 3. The maximum Gasteiger partial charge on any atom is 0.331 e. The molecule has 0 fully saturated rings. The van der Waals surface area contributed by atoms with E-state index < -0.39 is 30.9 Å². The second-order valence-electron chi connectivity index (χ2n) is 3.61.